The molecule has 1 aromatic rings. The van der Waals surface area contributed by atoms with Gasteiger partial charge in [0, 0.05) is 25.6 Å². The van der Waals surface area contributed by atoms with Crippen LogP contribution in [0.25, 0.3) is 0 Å². The van der Waals surface area contributed by atoms with Gasteiger partial charge in [0.05, 0.1) is 6.54 Å². The number of nitrogens with one attached hydrogen (secondary N) is 1. The molecule has 5 heteroatoms. The molecule has 0 amide bonds. The fourth-order valence-electron chi connectivity index (χ4n) is 1.88. The summed E-state index contributed by atoms with van der Waals surface area (Å²) in [6.45, 7) is 6.13. The molecule has 2 rings (SSSR count). The third-order valence-electron chi connectivity index (χ3n) is 2.73. The van der Waals surface area contributed by atoms with E-state index < -0.39 is 0 Å². The van der Waals surface area contributed by atoms with E-state index in [1.165, 1.54) is 0 Å². The van der Waals surface area contributed by atoms with Crippen molar-refractivity contribution in [2.45, 2.75) is 26.7 Å². The maximum Gasteiger partial charge on any atom is 0.153 e. The van der Waals surface area contributed by atoms with Crippen molar-refractivity contribution in [1.82, 2.24) is 9.97 Å². The number of Topliss-reactive ketones (excluding diaryl/α,β-unsaturated/α-hetero) is 1. The Morgan fingerprint density at radius 3 is 2.94 bits per heavy atom. The minimum absolute atomic E-state index is 0.282. The standard InChI is InChI=1S/C12H18N4O/c1-3-5-13-11-7-12(15-9(2)14-11)16-6-4-10(17)8-16/h7H,3-6,8H2,1-2H3,(H,13,14,15). The molecule has 0 saturated carbocycles. The van der Waals surface area contributed by atoms with Crippen molar-refractivity contribution in [3.05, 3.63) is 11.9 Å². The van der Waals surface area contributed by atoms with Crippen LogP contribution in [0.2, 0.25) is 0 Å². The Hall–Kier alpha value is -1.65. The van der Waals surface area contributed by atoms with E-state index in [4.69, 9.17) is 0 Å². The van der Waals surface area contributed by atoms with Crippen molar-refractivity contribution >= 4 is 17.4 Å². The highest BCUT2D eigenvalue weighted by atomic mass is 16.1. The van der Waals surface area contributed by atoms with Crippen LogP contribution >= 0.6 is 0 Å². The van der Waals surface area contributed by atoms with Gasteiger partial charge in [-0.25, -0.2) is 9.97 Å². The van der Waals surface area contributed by atoms with Crippen molar-refractivity contribution in [3.63, 3.8) is 0 Å². The SMILES string of the molecule is CCCNc1cc(N2CCC(=O)C2)nc(C)n1. The highest BCUT2D eigenvalue weighted by Gasteiger charge is 2.21. The Kier molecular flexibility index (Phi) is 3.56. The summed E-state index contributed by atoms with van der Waals surface area (Å²) in [6.07, 6.45) is 1.68. The van der Waals surface area contributed by atoms with Crippen LogP contribution in [0.5, 0.6) is 0 Å². The molecule has 17 heavy (non-hydrogen) atoms. The van der Waals surface area contributed by atoms with Gasteiger partial charge in [-0.05, 0) is 13.3 Å². The van der Waals surface area contributed by atoms with Crippen molar-refractivity contribution in [1.29, 1.82) is 0 Å². The number of hydrogen-bond acceptors (Lipinski definition) is 5. The first-order valence-corrected chi connectivity index (χ1v) is 6.05. The summed E-state index contributed by atoms with van der Waals surface area (Å²) >= 11 is 0. The van der Waals surface area contributed by atoms with E-state index in [1.807, 2.05) is 17.9 Å². The molecule has 0 unspecified atom stereocenters. The molecule has 1 saturated heterocycles. The molecule has 0 aliphatic carbocycles. The average Bonchev–Trinajstić information content (AvgIpc) is 2.72. The zero-order valence-corrected chi connectivity index (χ0v) is 10.4. The van der Waals surface area contributed by atoms with Gasteiger partial charge in [-0.15, -0.1) is 0 Å². The van der Waals surface area contributed by atoms with E-state index in [-0.39, 0.29) is 5.78 Å². The van der Waals surface area contributed by atoms with Crippen LogP contribution in [0.4, 0.5) is 11.6 Å². The van der Waals surface area contributed by atoms with E-state index in [0.29, 0.717) is 13.0 Å². The third-order valence-corrected chi connectivity index (χ3v) is 2.73. The van der Waals surface area contributed by atoms with Gasteiger partial charge in [-0.1, -0.05) is 6.92 Å². The number of aryl methyl sites for hydroxylation is 1. The Bertz CT molecular complexity index is 419. The maximum atomic E-state index is 11.3. The summed E-state index contributed by atoms with van der Waals surface area (Å²) in [5, 5.41) is 3.25. The minimum atomic E-state index is 0.282. The third kappa shape index (κ3) is 2.93. The average molecular weight is 234 g/mol. The topological polar surface area (TPSA) is 58.1 Å². The van der Waals surface area contributed by atoms with E-state index in [1.54, 1.807) is 0 Å². The number of carbonyl (C=O) groups is 1. The highest BCUT2D eigenvalue weighted by molar-refractivity contribution is 5.86. The molecule has 1 aliphatic rings. The van der Waals surface area contributed by atoms with Gasteiger partial charge < -0.3 is 10.2 Å². The van der Waals surface area contributed by atoms with E-state index in [2.05, 4.69) is 22.2 Å². The molecule has 92 valence electrons. The molecule has 5 nitrogen and oxygen atoms in total. The Balaban J connectivity index is 2.16. The summed E-state index contributed by atoms with van der Waals surface area (Å²) in [5.74, 6) is 2.71. The summed E-state index contributed by atoms with van der Waals surface area (Å²) < 4.78 is 0. The normalized spacial score (nSPS) is 15.4. The van der Waals surface area contributed by atoms with Crippen LogP contribution < -0.4 is 10.2 Å². The lowest BCUT2D eigenvalue weighted by molar-refractivity contribution is -0.116. The second kappa shape index (κ2) is 5.12. The molecule has 0 bridgehead atoms. The lowest BCUT2D eigenvalue weighted by Crippen LogP contribution is -2.21. The van der Waals surface area contributed by atoms with Crippen LogP contribution in [-0.4, -0.2) is 35.4 Å². The largest absolute Gasteiger partial charge is 0.370 e. The molecule has 2 heterocycles. The Labute approximate surface area is 101 Å². The van der Waals surface area contributed by atoms with E-state index in [9.17, 15) is 4.79 Å². The number of ketones is 1. The number of nitrogens with zero attached hydrogens (tertiary/aromatic N) is 3. The van der Waals surface area contributed by atoms with E-state index >= 15 is 0 Å². The predicted octanol–water partition coefficient (Wildman–Crippen LogP) is 1.39. The van der Waals surface area contributed by atoms with Crippen LogP contribution in [0, 0.1) is 6.92 Å². The fourth-order valence-corrected chi connectivity index (χ4v) is 1.88. The number of anilines is 2. The molecule has 0 atom stereocenters. The van der Waals surface area contributed by atoms with Crippen LogP contribution in [-0.2, 0) is 4.79 Å². The van der Waals surface area contributed by atoms with Gasteiger partial charge >= 0.3 is 0 Å². The van der Waals surface area contributed by atoms with Crippen molar-refractivity contribution in [2.75, 3.05) is 29.9 Å². The number of hydrogen-bond donors (Lipinski definition) is 1. The first kappa shape index (κ1) is 11.8. The number of carbonyl (C=O) groups excluding carboxylic acids is 1. The van der Waals surface area contributed by atoms with Gasteiger partial charge in [-0.3, -0.25) is 4.79 Å². The maximum absolute atomic E-state index is 11.3. The molecular formula is C12H18N4O. The molecule has 1 aliphatic heterocycles. The Morgan fingerprint density at radius 1 is 1.47 bits per heavy atom. The molecule has 0 spiro atoms. The fraction of sp³-hybridized carbons (Fsp3) is 0.583. The number of aromatic nitrogens is 2. The zero-order chi connectivity index (χ0) is 12.3. The van der Waals surface area contributed by atoms with Gasteiger partial charge in [0.25, 0.3) is 0 Å². The second-order valence-corrected chi connectivity index (χ2v) is 4.30. The first-order chi connectivity index (χ1) is 8.19. The summed E-state index contributed by atoms with van der Waals surface area (Å²) in [4.78, 5) is 22.0. The van der Waals surface area contributed by atoms with E-state index in [0.717, 1.165) is 37.0 Å². The summed E-state index contributed by atoms with van der Waals surface area (Å²) in [6, 6.07) is 1.92. The molecule has 0 aromatic carbocycles. The lowest BCUT2D eigenvalue weighted by Gasteiger charge is -2.16. The Morgan fingerprint density at radius 2 is 2.29 bits per heavy atom. The first-order valence-electron chi connectivity index (χ1n) is 6.05. The summed E-state index contributed by atoms with van der Waals surface area (Å²) in [7, 11) is 0. The molecule has 1 fully saturated rings. The van der Waals surface area contributed by atoms with Crippen molar-refractivity contribution in [3.8, 4) is 0 Å². The molecular weight excluding hydrogens is 216 g/mol. The highest BCUT2D eigenvalue weighted by Crippen LogP contribution is 2.19. The summed E-state index contributed by atoms with van der Waals surface area (Å²) in [5.41, 5.74) is 0. The molecule has 1 aromatic heterocycles. The number of rotatable bonds is 4. The van der Waals surface area contributed by atoms with Gasteiger partial charge in [0.15, 0.2) is 5.78 Å². The second-order valence-electron chi connectivity index (χ2n) is 4.30. The molecule has 0 radical (unpaired) electrons. The minimum Gasteiger partial charge on any atom is -0.370 e. The van der Waals surface area contributed by atoms with Gasteiger partial charge in [-0.2, -0.15) is 0 Å². The van der Waals surface area contributed by atoms with Gasteiger partial charge in [0.1, 0.15) is 17.5 Å². The smallest absolute Gasteiger partial charge is 0.153 e. The molecule has 1 N–H and O–H groups in total. The lowest BCUT2D eigenvalue weighted by atomic mass is 10.4. The zero-order valence-electron chi connectivity index (χ0n) is 10.4. The van der Waals surface area contributed by atoms with Crippen LogP contribution in [0.3, 0.4) is 0 Å². The van der Waals surface area contributed by atoms with Gasteiger partial charge in [0.2, 0.25) is 0 Å². The monoisotopic (exact) mass is 234 g/mol. The quantitative estimate of drug-likeness (QED) is 0.853. The van der Waals surface area contributed by atoms with Crippen molar-refractivity contribution < 1.29 is 4.79 Å². The predicted molar refractivity (Wildman–Crippen MR) is 67.4 cm³/mol. The van der Waals surface area contributed by atoms with Crippen LogP contribution in [0.1, 0.15) is 25.6 Å². The van der Waals surface area contributed by atoms with Crippen LogP contribution in [0.15, 0.2) is 6.07 Å². The van der Waals surface area contributed by atoms with Crippen molar-refractivity contribution in [2.24, 2.45) is 0 Å².